The zero-order valence-electron chi connectivity index (χ0n) is 23.3. The van der Waals surface area contributed by atoms with E-state index in [9.17, 15) is 18.0 Å². The number of carbonyl (C=O) groups excluding carboxylic acids is 1. The Kier molecular flexibility index (Phi) is 7.56. The number of aliphatic carboxylic acids is 1. The maximum Gasteiger partial charge on any atom is 0.490 e. The molecule has 3 N–H and O–H groups in total. The van der Waals surface area contributed by atoms with Gasteiger partial charge < -0.3 is 10.4 Å². The molecule has 3 aromatic carbocycles. The molecule has 0 radical (unpaired) electrons. The van der Waals surface area contributed by atoms with E-state index in [0.29, 0.717) is 0 Å². The molecule has 3 aliphatic rings. The van der Waals surface area contributed by atoms with Crippen molar-refractivity contribution in [1.82, 2.24) is 15.1 Å². The Labute approximate surface area is 246 Å². The Morgan fingerprint density at radius 3 is 2.47 bits per heavy atom. The number of anilines is 1. The second kappa shape index (κ2) is 11.3. The summed E-state index contributed by atoms with van der Waals surface area (Å²) in [5.41, 5.74) is 7.38. The summed E-state index contributed by atoms with van der Waals surface area (Å²) in [6.07, 6.45) is 4.00. The van der Waals surface area contributed by atoms with Crippen molar-refractivity contribution in [3.63, 3.8) is 0 Å². The minimum absolute atomic E-state index is 0.129. The van der Waals surface area contributed by atoms with Gasteiger partial charge in [0.05, 0.1) is 16.6 Å². The molecule has 1 aromatic heterocycles. The number of halogens is 3. The number of fused-ring (bicyclic) bond motifs is 3. The number of nitrogens with zero attached hydrogens (tertiary/aromatic N) is 2. The van der Waals surface area contributed by atoms with E-state index in [4.69, 9.17) is 9.90 Å². The fraction of sp³-hybridized carbons (Fsp3) is 0.303. The quantitative estimate of drug-likeness (QED) is 0.240. The standard InChI is InChI=1S/C31H30N4O.C2HF3O2/c36-30-31(25-6-2-3-7-28(25)32-30)19-26(31)23-13-14-24-27(33-34-29(24)18-23)15-12-21-8-10-22(11-9-21)20-35-16-4-1-5-17-35;3-2(4,5)1(6)7/h2-3,6-15,18,26H,1,4-5,16-17,19-20H2,(H,32,36)(H,33,34);(H,6,7)/b15-12+;/t26-,31-;/m0./s1. The van der Waals surface area contributed by atoms with Gasteiger partial charge in [-0.3, -0.25) is 14.8 Å². The molecule has 0 bridgehead atoms. The van der Waals surface area contributed by atoms with Crippen LogP contribution in [0.1, 0.15) is 59.5 Å². The number of piperidine rings is 1. The number of benzene rings is 3. The van der Waals surface area contributed by atoms with Crippen molar-refractivity contribution in [2.24, 2.45) is 0 Å². The lowest BCUT2D eigenvalue weighted by atomic mass is 9.92. The molecule has 222 valence electrons. The summed E-state index contributed by atoms with van der Waals surface area (Å²) < 4.78 is 31.7. The topological polar surface area (TPSA) is 98.3 Å². The van der Waals surface area contributed by atoms with E-state index < -0.39 is 17.6 Å². The molecule has 3 heterocycles. The van der Waals surface area contributed by atoms with Crippen LogP contribution in [0.5, 0.6) is 0 Å². The smallest absolute Gasteiger partial charge is 0.475 e. The maximum atomic E-state index is 12.9. The molecular formula is C33H31F3N4O3. The molecule has 10 heteroatoms. The molecule has 2 aliphatic heterocycles. The molecule has 1 amide bonds. The van der Waals surface area contributed by atoms with Crippen LogP contribution in [0.2, 0.25) is 0 Å². The van der Waals surface area contributed by atoms with Gasteiger partial charge in [-0.15, -0.1) is 0 Å². The van der Waals surface area contributed by atoms with Crippen LogP contribution >= 0.6 is 0 Å². The van der Waals surface area contributed by atoms with Crippen molar-refractivity contribution in [1.29, 1.82) is 0 Å². The highest BCUT2D eigenvalue weighted by Gasteiger charge is 2.65. The van der Waals surface area contributed by atoms with E-state index in [1.165, 1.54) is 49.0 Å². The van der Waals surface area contributed by atoms with Crippen molar-refractivity contribution in [3.8, 4) is 0 Å². The highest BCUT2D eigenvalue weighted by Crippen LogP contribution is 2.65. The summed E-state index contributed by atoms with van der Waals surface area (Å²) in [4.78, 5) is 24.3. The summed E-state index contributed by atoms with van der Waals surface area (Å²) >= 11 is 0. The third-order valence-electron chi connectivity index (χ3n) is 8.55. The van der Waals surface area contributed by atoms with Crippen molar-refractivity contribution in [3.05, 3.63) is 94.7 Å². The fourth-order valence-electron chi connectivity index (χ4n) is 6.24. The van der Waals surface area contributed by atoms with Gasteiger partial charge in [0.15, 0.2) is 0 Å². The van der Waals surface area contributed by atoms with Gasteiger partial charge in [0, 0.05) is 23.5 Å². The third kappa shape index (κ3) is 5.79. The lowest BCUT2D eigenvalue weighted by molar-refractivity contribution is -0.192. The lowest BCUT2D eigenvalue weighted by Crippen LogP contribution is -2.28. The van der Waals surface area contributed by atoms with Crippen LogP contribution in [-0.4, -0.2) is 51.3 Å². The number of hydrogen-bond donors (Lipinski definition) is 3. The van der Waals surface area contributed by atoms with Crippen LogP contribution < -0.4 is 5.32 Å². The normalized spacial score (nSPS) is 21.5. The van der Waals surface area contributed by atoms with Gasteiger partial charge in [0.25, 0.3) is 0 Å². The van der Waals surface area contributed by atoms with Crippen LogP contribution in [0.15, 0.2) is 66.7 Å². The molecule has 0 unspecified atom stereocenters. The predicted octanol–water partition coefficient (Wildman–Crippen LogP) is 6.73. The van der Waals surface area contributed by atoms with Crippen LogP contribution in [-0.2, 0) is 21.5 Å². The van der Waals surface area contributed by atoms with E-state index in [1.54, 1.807) is 0 Å². The monoisotopic (exact) mass is 588 g/mol. The first-order valence-electron chi connectivity index (χ1n) is 14.3. The molecule has 4 aromatic rings. The first-order chi connectivity index (χ1) is 20.6. The minimum atomic E-state index is -5.08. The molecule has 43 heavy (non-hydrogen) atoms. The molecule has 1 saturated heterocycles. The molecule has 7 rings (SSSR count). The van der Waals surface area contributed by atoms with E-state index in [0.717, 1.165) is 40.8 Å². The lowest BCUT2D eigenvalue weighted by Gasteiger charge is -2.26. The number of hydrogen-bond acceptors (Lipinski definition) is 4. The van der Waals surface area contributed by atoms with Crippen molar-refractivity contribution >= 4 is 40.6 Å². The number of carboxylic acid groups (broad SMARTS) is 1. The third-order valence-corrected chi connectivity index (χ3v) is 8.55. The van der Waals surface area contributed by atoms with E-state index in [1.807, 2.05) is 18.2 Å². The van der Waals surface area contributed by atoms with Gasteiger partial charge in [-0.05, 0) is 72.8 Å². The van der Waals surface area contributed by atoms with Crippen LogP contribution in [0.4, 0.5) is 18.9 Å². The van der Waals surface area contributed by atoms with E-state index >= 15 is 0 Å². The fourth-order valence-corrected chi connectivity index (χ4v) is 6.24. The van der Waals surface area contributed by atoms with Crippen molar-refractivity contribution in [2.75, 3.05) is 18.4 Å². The number of rotatable bonds is 5. The van der Waals surface area contributed by atoms with E-state index in [2.05, 4.69) is 81.1 Å². The van der Waals surface area contributed by atoms with Gasteiger partial charge in [0.2, 0.25) is 5.91 Å². The summed E-state index contributed by atoms with van der Waals surface area (Å²) in [7, 11) is 0. The summed E-state index contributed by atoms with van der Waals surface area (Å²) in [5, 5.41) is 19.1. The second-order valence-electron chi connectivity index (χ2n) is 11.4. The number of likely N-dealkylation sites (tertiary alicyclic amines) is 1. The zero-order chi connectivity index (χ0) is 30.2. The first-order valence-corrected chi connectivity index (χ1v) is 14.3. The first kappa shape index (κ1) is 28.7. The Morgan fingerprint density at radius 1 is 1.02 bits per heavy atom. The molecule has 1 spiro atoms. The SMILES string of the molecule is O=C(O)C(F)(F)F.O=C1Nc2ccccc2[C@]12C[C@H]2c1ccc2c(/C=C/c3ccc(CN4CCCCC4)cc3)n[nH]c2c1. The van der Waals surface area contributed by atoms with Gasteiger partial charge in [0.1, 0.15) is 0 Å². The van der Waals surface area contributed by atoms with Crippen LogP contribution in [0.25, 0.3) is 23.1 Å². The number of aromatic amines is 1. The highest BCUT2D eigenvalue weighted by atomic mass is 19.4. The molecule has 1 saturated carbocycles. The number of para-hydroxylation sites is 1. The Hall–Kier alpha value is -4.44. The predicted molar refractivity (Wildman–Crippen MR) is 158 cm³/mol. The largest absolute Gasteiger partial charge is 0.490 e. The average Bonchev–Trinajstić information content (AvgIpc) is 3.53. The molecule has 1 aliphatic carbocycles. The number of nitrogens with one attached hydrogen (secondary N) is 2. The number of alkyl halides is 3. The zero-order valence-corrected chi connectivity index (χ0v) is 23.3. The molecular weight excluding hydrogens is 557 g/mol. The number of H-pyrrole nitrogens is 1. The Morgan fingerprint density at radius 2 is 1.74 bits per heavy atom. The van der Waals surface area contributed by atoms with Crippen molar-refractivity contribution < 1.29 is 27.9 Å². The van der Waals surface area contributed by atoms with Gasteiger partial charge in [-0.1, -0.05) is 67.1 Å². The number of aromatic nitrogens is 2. The van der Waals surface area contributed by atoms with Crippen LogP contribution in [0.3, 0.4) is 0 Å². The maximum absolute atomic E-state index is 12.9. The summed E-state index contributed by atoms with van der Waals surface area (Å²) in [6.45, 7) is 3.49. The van der Waals surface area contributed by atoms with Crippen molar-refractivity contribution in [2.45, 2.75) is 49.7 Å². The molecule has 2 atom stereocenters. The molecule has 7 nitrogen and oxygen atoms in total. The van der Waals surface area contributed by atoms with Crippen LogP contribution in [0, 0.1) is 0 Å². The highest BCUT2D eigenvalue weighted by molar-refractivity contribution is 6.09. The number of carbonyl (C=O) groups is 2. The van der Waals surface area contributed by atoms with Gasteiger partial charge in [-0.25, -0.2) is 4.79 Å². The second-order valence-corrected chi connectivity index (χ2v) is 11.4. The summed E-state index contributed by atoms with van der Waals surface area (Å²) in [5.74, 6) is -2.42. The number of amides is 1. The molecule has 2 fully saturated rings. The van der Waals surface area contributed by atoms with Gasteiger partial charge in [-0.2, -0.15) is 18.3 Å². The number of carboxylic acids is 1. The average molecular weight is 589 g/mol. The Bertz CT molecular complexity index is 1690. The van der Waals surface area contributed by atoms with E-state index in [-0.39, 0.29) is 11.8 Å². The Balaban J connectivity index is 0.000000423. The summed E-state index contributed by atoms with van der Waals surface area (Å²) in [6, 6.07) is 23.4. The minimum Gasteiger partial charge on any atom is -0.475 e. The van der Waals surface area contributed by atoms with Gasteiger partial charge >= 0.3 is 12.1 Å².